The van der Waals surface area contributed by atoms with Crippen LogP contribution in [0.15, 0.2) is 41.2 Å². The van der Waals surface area contributed by atoms with E-state index in [1.54, 1.807) is 17.8 Å². The van der Waals surface area contributed by atoms with Gasteiger partial charge in [-0.1, -0.05) is 0 Å². The summed E-state index contributed by atoms with van der Waals surface area (Å²) < 4.78 is 27.2. The molecule has 4 fully saturated rings. The lowest BCUT2D eigenvalue weighted by molar-refractivity contribution is -0.133. The van der Waals surface area contributed by atoms with Crippen LogP contribution < -0.4 is 25.7 Å². The molecule has 2 saturated heterocycles. The number of piperidine rings is 2. The van der Waals surface area contributed by atoms with Crippen LogP contribution in [0.4, 0.5) is 10.1 Å². The topological polar surface area (TPSA) is 146 Å². The van der Waals surface area contributed by atoms with Gasteiger partial charge in [0.2, 0.25) is 11.8 Å². The molecule has 1 atom stereocenters. The molecule has 3 aromatic rings. The number of hydrogen-bond donors (Lipinski definition) is 4. The maximum Gasteiger partial charge on any atom is 0.261 e. The highest BCUT2D eigenvalue weighted by molar-refractivity contribution is 7.99. The van der Waals surface area contributed by atoms with Gasteiger partial charge in [-0.15, -0.1) is 0 Å². The van der Waals surface area contributed by atoms with Crippen LogP contribution in [0.25, 0.3) is 10.9 Å². The summed E-state index contributed by atoms with van der Waals surface area (Å²) in [5.74, 6) is 2.13. The zero-order chi connectivity index (χ0) is 34.6. The maximum atomic E-state index is 15.0. The van der Waals surface area contributed by atoms with Crippen LogP contribution in [0.1, 0.15) is 70.0 Å². The molecule has 268 valence electrons. The lowest BCUT2D eigenvalue weighted by atomic mass is 9.81. The van der Waals surface area contributed by atoms with Gasteiger partial charge in [0.1, 0.15) is 34.6 Å². The molecular formula is C37H46FN5O6S. The van der Waals surface area contributed by atoms with Gasteiger partial charge in [0.15, 0.2) is 0 Å². The highest BCUT2D eigenvalue weighted by atomic mass is 32.2. The summed E-state index contributed by atoms with van der Waals surface area (Å²) in [6.07, 6.45) is 8.38. The highest BCUT2D eigenvalue weighted by Gasteiger charge is 2.33. The number of nitrogens with zero attached hydrogens (tertiary/aromatic N) is 2. The number of carbonyl (C=O) groups excluding carboxylic acids is 2. The number of carbonyl (C=O) groups is 2. The number of imide groups is 1. The number of halogens is 1. The van der Waals surface area contributed by atoms with Crippen LogP contribution in [0.2, 0.25) is 0 Å². The Kier molecular flexibility index (Phi) is 10.9. The molecule has 7 rings (SSSR count). The number of H-pyrrole nitrogens is 1. The predicted octanol–water partition coefficient (Wildman–Crippen LogP) is 4.76. The molecule has 4 aliphatic rings. The Morgan fingerprint density at radius 1 is 0.960 bits per heavy atom. The van der Waals surface area contributed by atoms with E-state index in [1.807, 2.05) is 24.3 Å². The van der Waals surface area contributed by atoms with Gasteiger partial charge >= 0.3 is 0 Å². The van der Waals surface area contributed by atoms with Gasteiger partial charge in [-0.05, 0) is 107 Å². The second-order valence-corrected chi connectivity index (χ2v) is 15.6. The average molecular weight is 708 g/mol. The number of amides is 2. The minimum Gasteiger partial charge on any atom is -0.493 e. The summed E-state index contributed by atoms with van der Waals surface area (Å²) in [5.41, 5.74) is 0.664. The van der Waals surface area contributed by atoms with Gasteiger partial charge < -0.3 is 29.8 Å². The van der Waals surface area contributed by atoms with Crippen molar-refractivity contribution in [3.63, 3.8) is 0 Å². The van der Waals surface area contributed by atoms with Gasteiger partial charge in [-0.25, -0.2) is 9.37 Å². The Hall–Kier alpha value is -3.68. The molecule has 2 saturated carbocycles. The quantitative estimate of drug-likeness (QED) is 0.194. The van der Waals surface area contributed by atoms with Crippen molar-refractivity contribution >= 4 is 40.2 Å². The SMILES string of the molecule is O=C1CCC(Nc2ccc(OC3CC(CN4CCC(COc5cc(F)c6c(=O)[nH]c(CS[C@H]7CC[C@H](O)CC7)nc6c5)CC4)C3)cc2)C(=O)N1. The molecule has 13 heteroatoms. The number of hydrogen-bond acceptors (Lipinski definition) is 10. The Balaban J connectivity index is 0.814. The molecule has 2 aliphatic carbocycles. The number of aliphatic hydroxyl groups is 1. The van der Waals surface area contributed by atoms with Gasteiger partial charge in [-0.2, -0.15) is 11.8 Å². The second kappa shape index (κ2) is 15.7. The molecule has 0 radical (unpaired) electrons. The fourth-order valence-corrected chi connectivity index (χ4v) is 8.63. The van der Waals surface area contributed by atoms with Gasteiger partial charge in [-0.3, -0.25) is 19.7 Å². The van der Waals surface area contributed by atoms with Crippen LogP contribution in [0.3, 0.4) is 0 Å². The number of ether oxygens (including phenoxy) is 2. The number of likely N-dealkylation sites (tertiary alicyclic amines) is 1. The van der Waals surface area contributed by atoms with Crippen LogP contribution >= 0.6 is 11.8 Å². The summed E-state index contributed by atoms with van der Waals surface area (Å²) >= 11 is 1.72. The van der Waals surface area contributed by atoms with E-state index in [-0.39, 0.29) is 29.4 Å². The van der Waals surface area contributed by atoms with Gasteiger partial charge in [0.05, 0.1) is 30.1 Å². The third-order valence-corrected chi connectivity index (χ3v) is 11.9. The van der Waals surface area contributed by atoms with Crippen molar-refractivity contribution in [3.8, 4) is 11.5 Å². The summed E-state index contributed by atoms with van der Waals surface area (Å²) in [4.78, 5) is 45.9. The van der Waals surface area contributed by atoms with Crippen molar-refractivity contribution in [2.75, 3.05) is 31.6 Å². The maximum absolute atomic E-state index is 15.0. The zero-order valence-corrected chi connectivity index (χ0v) is 29.0. The number of benzene rings is 2. The first-order chi connectivity index (χ1) is 24.2. The minimum atomic E-state index is -0.622. The molecule has 0 spiro atoms. The average Bonchev–Trinajstić information content (AvgIpc) is 3.08. The molecule has 11 nitrogen and oxygen atoms in total. The number of aliphatic hydroxyl groups excluding tert-OH is 1. The Bertz CT molecular complexity index is 1720. The molecule has 0 bridgehead atoms. The van der Waals surface area contributed by atoms with Crippen molar-refractivity contribution < 1.29 is 28.6 Å². The van der Waals surface area contributed by atoms with E-state index in [9.17, 15) is 23.9 Å². The second-order valence-electron chi connectivity index (χ2n) is 14.4. The van der Waals surface area contributed by atoms with Crippen molar-refractivity contribution in [3.05, 3.63) is 58.4 Å². The Labute approximate surface area is 295 Å². The van der Waals surface area contributed by atoms with Crippen molar-refractivity contribution in [1.82, 2.24) is 20.2 Å². The number of nitrogens with one attached hydrogen (secondary N) is 3. The van der Waals surface area contributed by atoms with Crippen LogP contribution in [-0.4, -0.2) is 81.5 Å². The molecule has 3 heterocycles. The first-order valence-corrected chi connectivity index (χ1v) is 19.0. The Morgan fingerprint density at radius 3 is 2.46 bits per heavy atom. The largest absolute Gasteiger partial charge is 0.493 e. The fraction of sp³-hybridized carbons (Fsp3) is 0.568. The summed E-state index contributed by atoms with van der Waals surface area (Å²) in [6, 6.07) is 10.2. The third-order valence-electron chi connectivity index (χ3n) is 10.5. The van der Waals surface area contributed by atoms with E-state index >= 15 is 0 Å². The van der Waals surface area contributed by atoms with Gasteiger partial charge in [0, 0.05) is 36.0 Å². The molecule has 1 aromatic heterocycles. The standard InChI is InChI=1S/C37H46FN5O6S/c38-30-17-27(18-32-35(30)37(47)41-33(40-32)21-50-29-7-3-25(44)4-8-29)48-20-22-11-13-43(14-12-22)19-23-15-28(16-23)49-26-5-1-24(2-6-26)39-31-9-10-34(45)42-36(31)46/h1-2,5-6,17-18,22-23,25,28-29,31,39,44H,3-4,7-16,19-21H2,(H,40,41,47)(H,42,45,46)/t23?,25-,28?,29-,31?. The summed E-state index contributed by atoms with van der Waals surface area (Å²) in [7, 11) is 0. The van der Waals surface area contributed by atoms with Crippen LogP contribution in [0, 0.1) is 17.7 Å². The fourth-order valence-electron chi connectivity index (χ4n) is 7.50. The number of fused-ring (bicyclic) bond motifs is 1. The van der Waals surface area contributed by atoms with E-state index < -0.39 is 17.4 Å². The van der Waals surface area contributed by atoms with E-state index in [2.05, 4.69) is 25.5 Å². The normalized spacial score (nSPS) is 26.3. The van der Waals surface area contributed by atoms with Crippen molar-refractivity contribution in [2.45, 2.75) is 93.5 Å². The van der Waals surface area contributed by atoms with E-state index in [0.717, 1.165) is 82.4 Å². The number of aromatic amines is 1. The molecule has 50 heavy (non-hydrogen) atoms. The van der Waals surface area contributed by atoms with Crippen molar-refractivity contribution in [2.24, 2.45) is 11.8 Å². The Morgan fingerprint density at radius 2 is 1.72 bits per heavy atom. The molecule has 2 aromatic carbocycles. The molecule has 2 amide bonds. The molecule has 2 aliphatic heterocycles. The smallest absolute Gasteiger partial charge is 0.261 e. The van der Waals surface area contributed by atoms with Crippen molar-refractivity contribution in [1.29, 1.82) is 0 Å². The molecule has 1 unspecified atom stereocenters. The first-order valence-electron chi connectivity index (χ1n) is 18.0. The van der Waals surface area contributed by atoms with Gasteiger partial charge in [0.25, 0.3) is 5.56 Å². The summed E-state index contributed by atoms with van der Waals surface area (Å²) in [6.45, 7) is 3.56. The number of thioether (sulfide) groups is 1. The lowest BCUT2D eigenvalue weighted by Gasteiger charge is -2.40. The number of anilines is 1. The highest BCUT2D eigenvalue weighted by Crippen LogP contribution is 2.34. The number of rotatable bonds is 12. The monoisotopic (exact) mass is 707 g/mol. The van der Waals surface area contributed by atoms with E-state index in [4.69, 9.17) is 9.47 Å². The predicted molar refractivity (Wildman–Crippen MR) is 190 cm³/mol. The van der Waals surface area contributed by atoms with E-state index in [0.29, 0.717) is 59.4 Å². The third kappa shape index (κ3) is 8.78. The lowest BCUT2D eigenvalue weighted by Crippen LogP contribution is -2.47. The summed E-state index contributed by atoms with van der Waals surface area (Å²) in [5, 5.41) is 15.7. The molecule has 4 N–H and O–H groups in total. The first kappa shape index (κ1) is 34.8. The van der Waals surface area contributed by atoms with Crippen LogP contribution in [-0.2, 0) is 15.3 Å². The van der Waals surface area contributed by atoms with E-state index in [1.165, 1.54) is 6.07 Å². The minimum absolute atomic E-state index is 0.0407. The number of aromatic nitrogens is 2. The zero-order valence-electron chi connectivity index (χ0n) is 28.2. The van der Waals surface area contributed by atoms with Crippen LogP contribution in [0.5, 0.6) is 11.5 Å². The molecular weight excluding hydrogens is 662 g/mol.